The number of rotatable bonds is 5. The van der Waals surface area contributed by atoms with Crippen LogP contribution < -0.4 is 10.4 Å². The highest BCUT2D eigenvalue weighted by Crippen LogP contribution is 2.40. The van der Waals surface area contributed by atoms with Crippen LogP contribution >= 0.6 is 0 Å². The SMILES string of the molecule is C=C1[C@H](O)C/C(=C\C(=O)O)C[C@H]1O[Si](c1ccccc1)(c1ccccc1)C(C)(C)C. The van der Waals surface area contributed by atoms with Gasteiger partial charge in [-0.3, -0.25) is 0 Å². The Labute approximate surface area is 179 Å². The molecule has 30 heavy (non-hydrogen) atoms. The first-order valence-electron chi connectivity index (χ1n) is 10.2. The van der Waals surface area contributed by atoms with Crippen molar-refractivity contribution < 1.29 is 19.4 Å². The second-order valence-corrected chi connectivity index (χ2v) is 13.2. The zero-order valence-corrected chi connectivity index (χ0v) is 18.8. The topological polar surface area (TPSA) is 66.8 Å². The van der Waals surface area contributed by atoms with E-state index in [0.29, 0.717) is 17.6 Å². The normalized spacial score (nSPS) is 21.6. The third-order valence-corrected chi connectivity index (χ3v) is 10.9. The van der Waals surface area contributed by atoms with Crippen LogP contribution in [-0.2, 0) is 9.22 Å². The Bertz CT molecular complexity index is 889. The predicted molar refractivity (Wildman–Crippen MR) is 123 cm³/mol. The minimum atomic E-state index is -2.82. The average Bonchev–Trinajstić information content (AvgIpc) is 2.69. The van der Waals surface area contributed by atoms with Gasteiger partial charge >= 0.3 is 5.97 Å². The van der Waals surface area contributed by atoms with Crippen molar-refractivity contribution >= 4 is 24.7 Å². The quantitative estimate of drug-likeness (QED) is 0.438. The molecule has 2 N–H and O–H groups in total. The number of hydrogen-bond acceptors (Lipinski definition) is 3. The van der Waals surface area contributed by atoms with Gasteiger partial charge in [0, 0.05) is 6.08 Å². The Morgan fingerprint density at radius 3 is 1.97 bits per heavy atom. The van der Waals surface area contributed by atoms with Crippen molar-refractivity contribution in [3.8, 4) is 0 Å². The summed E-state index contributed by atoms with van der Waals surface area (Å²) in [5, 5.41) is 21.8. The minimum Gasteiger partial charge on any atom is -0.478 e. The Kier molecular flexibility index (Phi) is 6.46. The molecule has 3 rings (SSSR count). The molecule has 0 aromatic heterocycles. The number of carbonyl (C=O) groups is 1. The molecule has 0 radical (unpaired) electrons. The molecule has 1 fully saturated rings. The van der Waals surface area contributed by atoms with E-state index in [4.69, 9.17) is 4.43 Å². The number of carboxylic acids is 1. The van der Waals surface area contributed by atoms with Crippen LogP contribution in [0.15, 0.2) is 84.5 Å². The zero-order valence-electron chi connectivity index (χ0n) is 17.8. The van der Waals surface area contributed by atoms with Crippen LogP contribution in [-0.4, -0.2) is 36.7 Å². The highest BCUT2D eigenvalue weighted by atomic mass is 28.4. The van der Waals surface area contributed by atoms with Gasteiger partial charge in [-0.15, -0.1) is 0 Å². The second-order valence-electron chi connectivity index (χ2n) is 8.91. The van der Waals surface area contributed by atoms with Crippen LogP contribution in [0.3, 0.4) is 0 Å². The summed E-state index contributed by atoms with van der Waals surface area (Å²) in [5.74, 6) is -1.01. The van der Waals surface area contributed by atoms with Gasteiger partial charge in [-0.25, -0.2) is 4.79 Å². The van der Waals surface area contributed by atoms with Gasteiger partial charge in [0.25, 0.3) is 8.32 Å². The van der Waals surface area contributed by atoms with Crippen LogP contribution in [0.5, 0.6) is 0 Å². The van der Waals surface area contributed by atoms with Crippen molar-refractivity contribution in [1.29, 1.82) is 0 Å². The fourth-order valence-electron chi connectivity index (χ4n) is 4.36. The predicted octanol–water partition coefficient (Wildman–Crippen LogP) is 3.65. The first-order valence-corrected chi connectivity index (χ1v) is 12.1. The lowest BCUT2D eigenvalue weighted by Crippen LogP contribution is -2.68. The summed E-state index contributed by atoms with van der Waals surface area (Å²) in [6.07, 6.45) is 0.633. The molecule has 0 bridgehead atoms. The number of aliphatic hydroxyl groups excluding tert-OH is 1. The van der Waals surface area contributed by atoms with E-state index in [1.54, 1.807) is 0 Å². The van der Waals surface area contributed by atoms with Gasteiger partial charge in [-0.2, -0.15) is 0 Å². The molecule has 0 amide bonds. The summed E-state index contributed by atoms with van der Waals surface area (Å²) in [6.45, 7) is 10.7. The molecule has 1 saturated carbocycles. The van der Waals surface area contributed by atoms with Crippen LogP contribution in [0, 0.1) is 0 Å². The van der Waals surface area contributed by atoms with E-state index in [1.165, 1.54) is 6.08 Å². The van der Waals surface area contributed by atoms with Crippen molar-refractivity contribution in [3.63, 3.8) is 0 Å². The number of benzene rings is 2. The van der Waals surface area contributed by atoms with E-state index in [2.05, 4.69) is 51.6 Å². The van der Waals surface area contributed by atoms with Gasteiger partial charge < -0.3 is 14.6 Å². The lowest BCUT2D eigenvalue weighted by molar-refractivity contribution is -0.131. The van der Waals surface area contributed by atoms with Crippen LogP contribution in [0.25, 0.3) is 0 Å². The maximum Gasteiger partial charge on any atom is 0.328 e. The molecule has 2 aromatic rings. The molecule has 1 aliphatic rings. The van der Waals surface area contributed by atoms with Gasteiger partial charge in [-0.1, -0.05) is 93.6 Å². The largest absolute Gasteiger partial charge is 0.478 e. The third kappa shape index (κ3) is 4.33. The standard InChI is InChI=1S/C25H30O4Si/c1-18-22(26)15-19(17-24(27)28)16-23(18)29-30(25(2,3)4,20-11-7-5-8-12-20)21-13-9-6-10-14-21/h5-14,17,22-23,26H,1,15-16H2,2-4H3,(H,27,28)/b19-17+/t22-,23-/m1/s1. The summed E-state index contributed by atoms with van der Waals surface area (Å²) >= 11 is 0. The van der Waals surface area contributed by atoms with E-state index >= 15 is 0 Å². The summed E-state index contributed by atoms with van der Waals surface area (Å²) in [4.78, 5) is 11.2. The number of carboxylic acid groups (broad SMARTS) is 1. The lowest BCUT2D eigenvalue weighted by Gasteiger charge is -2.47. The molecule has 2 aromatic carbocycles. The summed E-state index contributed by atoms with van der Waals surface area (Å²) in [5.41, 5.74) is 1.29. The Hall–Kier alpha value is -2.47. The van der Waals surface area contributed by atoms with Crippen molar-refractivity contribution in [2.45, 2.75) is 50.9 Å². The first-order chi connectivity index (χ1) is 14.1. The van der Waals surface area contributed by atoms with E-state index in [-0.39, 0.29) is 11.5 Å². The van der Waals surface area contributed by atoms with Crippen LogP contribution in [0.1, 0.15) is 33.6 Å². The van der Waals surface area contributed by atoms with Gasteiger partial charge in [0.05, 0.1) is 12.2 Å². The van der Waals surface area contributed by atoms with E-state index in [0.717, 1.165) is 10.4 Å². The highest BCUT2D eigenvalue weighted by Gasteiger charge is 2.52. The fraction of sp³-hybridized carbons (Fsp3) is 0.320. The molecule has 0 saturated heterocycles. The second kappa shape index (κ2) is 8.72. The van der Waals surface area contributed by atoms with Crippen molar-refractivity contribution in [1.82, 2.24) is 0 Å². The first kappa shape index (κ1) is 22.2. The summed E-state index contributed by atoms with van der Waals surface area (Å²) in [7, 11) is -2.82. The van der Waals surface area contributed by atoms with Gasteiger partial charge in [0.2, 0.25) is 0 Å². The number of aliphatic carboxylic acids is 1. The molecular formula is C25H30O4Si. The molecule has 0 spiro atoms. The number of hydrogen-bond donors (Lipinski definition) is 2. The highest BCUT2D eigenvalue weighted by molar-refractivity contribution is 6.99. The van der Waals surface area contributed by atoms with Gasteiger partial charge in [0.15, 0.2) is 0 Å². The fourth-order valence-corrected chi connectivity index (χ4v) is 9.04. The maximum atomic E-state index is 11.2. The maximum absolute atomic E-state index is 11.2. The van der Waals surface area contributed by atoms with Crippen LogP contribution in [0.2, 0.25) is 5.04 Å². The smallest absolute Gasteiger partial charge is 0.328 e. The molecule has 0 aliphatic heterocycles. The molecule has 0 unspecified atom stereocenters. The molecule has 158 valence electrons. The van der Waals surface area contributed by atoms with Gasteiger partial charge in [-0.05, 0) is 33.8 Å². The molecule has 2 atom stereocenters. The molecule has 4 nitrogen and oxygen atoms in total. The lowest BCUT2D eigenvalue weighted by atomic mass is 9.86. The average molecular weight is 423 g/mol. The Balaban J connectivity index is 2.16. The summed E-state index contributed by atoms with van der Waals surface area (Å²) < 4.78 is 7.06. The number of aliphatic hydroxyl groups is 1. The summed E-state index contributed by atoms with van der Waals surface area (Å²) in [6, 6.07) is 20.5. The minimum absolute atomic E-state index is 0.213. The molecule has 5 heteroatoms. The van der Waals surface area contributed by atoms with Crippen LogP contribution in [0.4, 0.5) is 0 Å². The monoisotopic (exact) mass is 422 g/mol. The Morgan fingerprint density at radius 1 is 1.03 bits per heavy atom. The molecule has 0 heterocycles. The van der Waals surface area contributed by atoms with E-state index in [9.17, 15) is 15.0 Å². The zero-order chi connectivity index (χ0) is 21.9. The third-order valence-electron chi connectivity index (χ3n) is 5.81. The van der Waals surface area contributed by atoms with Crippen molar-refractivity contribution in [2.24, 2.45) is 0 Å². The Morgan fingerprint density at radius 2 is 1.53 bits per heavy atom. The van der Waals surface area contributed by atoms with E-state index in [1.807, 2.05) is 36.4 Å². The molecular weight excluding hydrogens is 392 g/mol. The van der Waals surface area contributed by atoms with Gasteiger partial charge in [0.1, 0.15) is 0 Å². The van der Waals surface area contributed by atoms with E-state index < -0.39 is 26.5 Å². The van der Waals surface area contributed by atoms with Crippen molar-refractivity contribution in [3.05, 3.63) is 84.5 Å². The van der Waals surface area contributed by atoms with Crippen molar-refractivity contribution in [2.75, 3.05) is 0 Å². The molecule has 1 aliphatic carbocycles.